The summed E-state index contributed by atoms with van der Waals surface area (Å²) in [5.74, 6) is 0.822. The Morgan fingerprint density at radius 3 is 2.86 bits per heavy atom. The lowest BCUT2D eigenvalue weighted by Gasteiger charge is -2.09. The Hall–Kier alpha value is -3.12. The SMILES string of the molecule is CCc1c(C(=O)NCCCc2nc3ccccc3[nH]2)cnn1-c1cccc(Cl)c1. The van der Waals surface area contributed by atoms with Crippen LogP contribution in [0, 0.1) is 0 Å². The van der Waals surface area contributed by atoms with Crippen LogP contribution in [0.4, 0.5) is 0 Å². The fourth-order valence-electron chi connectivity index (χ4n) is 3.41. The standard InChI is InChI=1S/C22H22ClN5O/c1-2-20-17(14-25-28(20)16-8-5-7-15(23)13-16)22(29)24-12-6-11-21-26-18-9-3-4-10-19(18)27-21/h3-5,7-10,13-14H,2,6,11-12H2,1H3,(H,24,29)(H,26,27). The summed E-state index contributed by atoms with van der Waals surface area (Å²) in [5, 5.41) is 8.03. The number of hydrogen-bond donors (Lipinski definition) is 2. The van der Waals surface area contributed by atoms with Gasteiger partial charge in [0.2, 0.25) is 0 Å². The maximum absolute atomic E-state index is 12.7. The third kappa shape index (κ3) is 4.17. The lowest BCUT2D eigenvalue weighted by Crippen LogP contribution is -2.25. The van der Waals surface area contributed by atoms with Gasteiger partial charge in [0.05, 0.1) is 34.2 Å². The van der Waals surface area contributed by atoms with Crippen LogP contribution in [0.15, 0.2) is 54.7 Å². The first-order valence-electron chi connectivity index (χ1n) is 9.70. The van der Waals surface area contributed by atoms with Gasteiger partial charge in [-0.05, 0) is 43.2 Å². The van der Waals surface area contributed by atoms with Crippen molar-refractivity contribution in [3.05, 3.63) is 76.8 Å². The fourth-order valence-corrected chi connectivity index (χ4v) is 3.60. The monoisotopic (exact) mass is 407 g/mol. The zero-order valence-electron chi connectivity index (χ0n) is 16.2. The summed E-state index contributed by atoms with van der Waals surface area (Å²) >= 11 is 6.09. The van der Waals surface area contributed by atoms with Crippen molar-refractivity contribution in [1.29, 1.82) is 0 Å². The van der Waals surface area contributed by atoms with Crippen molar-refractivity contribution in [2.75, 3.05) is 6.54 Å². The lowest BCUT2D eigenvalue weighted by molar-refractivity contribution is 0.0952. The summed E-state index contributed by atoms with van der Waals surface area (Å²) in [6.07, 6.45) is 3.88. The molecule has 6 nitrogen and oxygen atoms in total. The smallest absolute Gasteiger partial charge is 0.254 e. The molecule has 0 aliphatic rings. The normalized spacial score (nSPS) is 11.1. The molecule has 0 saturated carbocycles. The molecule has 0 unspecified atom stereocenters. The number of carbonyl (C=O) groups excluding carboxylic acids is 1. The third-order valence-corrected chi connectivity index (χ3v) is 5.05. The summed E-state index contributed by atoms with van der Waals surface area (Å²) in [7, 11) is 0. The number of benzene rings is 2. The molecule has 1 amide bonds. The molecule has 29 heavy (non-hydrogen) atoms. The van der Waals surface area contributed by atoms with Crippen LogP contribution in [0.3, 0.4) is 0 Å². The largest absolute Gasteiger partial charge is 0.352 e. The highest BCUT2D eigenvalue weighted by atomic mass is 35.5. The number of aromatic nitrogens is 4. The van der Waals surface area contributed by atoms with E-state index in [4.69, 9.17) is 11.6 Å². The molecule has 148 valence electrons. The fraction of sp³-hybridized carbons (Fsp3) is 0.227. The van der Waals surface area contributed by atoms with Gasteiger partial charge in [0, 0.05) is 18.0 Å². The van der Waals surface area contributed by atoms with Crippen molar-refractivity contribution < 1.29 is 4.79 Å². The van der Waals surface area contributed by atoms with Crippen molar-refractivity contribution in [1.82, 2.24) is 25.1 Å². The van der Waals surface area contributed by atoms with Gasteiger partial charge >= 0.3 is 0 Å². The second-order valence-corrected chi connectivity index (χ2v) is 7.25. The van der Waals surface area contributed by atoms with E-state index in [1.165, 1.54) is 0 Å². The van der Waals surface area contributed by atoms with E-state index in [-0.39, 0.29) is 5.91 Å². The molecule has 0 bridgehead atoms. The van der Waals surface area contributed by atoms with Crippen molar-refractivity contribution >= 4 is 28.5 Å². The number of imidazole rings is 1. The van der Waals surface area contributed by atoms with Gasteiger partial charge in [-0.15, -0.1) is 0 Å². The van der Waals surface area contributed by atoms with Crippen molar-refractivity contribution in [3.8, 4) is 5.69 Å². The minimum atomic E-state index is -0.111. The van der Waals surface area contributed by atoms with Crippen LogP contribution in [-0.2, 0) is 12.8 Å². The summed E-state index contributed by atoms with van der Waals surface area (Å²) in [6, 6.07) is 15.4. The summed E-state index contributed by atoms with van der Waals surface area (Å²) in [5.41, 5.74) is 4.30. The third-order valence-electron chi connectivity index (χ3n) is 4.82. The van der Waals surface area contributed by atoms with E-state index in [1.54, 1.807) is 10.9 Å². The van der Waals surface area contributed by atoms with E-state index in [9.17, 15) is 4.79 Å². The predicted molar refractivity (Wildman–Crippen MR) is 115 cm³/mol. The van der Waals surface area contributed by atoms with Crippen molar-refractivity contribution in [2.45, 2.75) is 26.2 Å². The van der Waals surface area contributed by atoms with Crippen LogP contribution in [-0.4, -0.2) is 32.2 Å². The van der Waals surface area contributed by atoms with Gasteiger partial charge in [-0.3, -0.25) is 4.79 Å². The number of carbonyl (C=O) groups is 1. The lowest BCUT2D eigenvalue weighted by atomic mass is 10.2. The van der Waals surface area contributed by atoms with Crippen LogP contribution in [0.1, 0.15) is 35.2 Å². The highest BCUT2D eigenvalue weighted by molar-refractivity contribution is 6.30. The summed E-state index contributed by atoms with van der Waals surface area (Å²) < 4.78 is 1.77. The quantitative estimate of drug-likeness (QED) is 0.448. The molecule has 0 radical (unpaired) electrons. The van der Waals surface area contributed by atoms with Gasteiger partial charge in [-0.2, -0.15) is 5.10 Å². The minimum Gasteiger partial charge on any atom is -0.352 e. The van der Waals surface area contributed by atoms with Crippen LogP contribution >= 0.6 is 11.6 Å². The number of nitrogens with one attached hydrogen (secondary N) is 2. The van der Waals surface area contributed by atoms with Crippen LogP contribution in [0.5, 0.6) is 0 Å². The predicted octanol–water partition coefficient (Wildman–Crippen LogP) is 4.33. The number of halogens is 1. The molecular formula is C22H22ClN5O. The van der Waals surface area contributed by atoms with Crippen LogP contribution in [0.2, 0.25) is 5.02 Å². The molecule has 0 aliphatic heterocycles. The molecule has 0 atom stereocenters. The molecule has 2 N–H and O–H groups in total. The van der Waals surface area contributed by atoms with Crippen molar-refractivity contribution in [3.63, 3.8) is 0 Å². The number of aromatic amines is 1. The zero-order chi connectivity index (χ0) is 20.2. The highest BCUT2D eigenvalue weighted by Gasteiger charge is 2.17. The number of hydrogen-bond acceptors (Lipinski definition) is 3. The molecule has 0 spiro atoms. The van der Waals surface area contributed by atoms with E-state index in [2.05, 4.69) is 20.4 Å². The number of nitrogens with zero attached hydrogens (tertiary/aromatic N) is 3. The second-order valence-electron chi connectivity index (χ2n) is 6.81. The van der Waals surface area contributed by atoms with E-state index in [0.29, 0.717) is 23.6 Å². The zero-order valence-corrected chi connectivity index (χ0v) is 16.9. The average Bonchev–Trinajstić information content (AvgIpc) is 3.34. The molecule has 7 heteroatoms. The molecule has 0 saturated heterocycles. The van der Waals surface area contributed by atoms with Gasteiger partial charge < -0.3 is 10.3 Å². The molecule has 2 aromatic heterocycles. The summed E-state index contributed by atoms with van der Waals surface area (Å²) in [4.78, 5) is 20.6. The first-order valence-corrected chi connectivity index (χ1v) is 10.1. The van der Waals surface area contributed by atoms with E-state index in [0.717, 1.165) is 41.1 Å². The number of H-pyrrole nitrogens is 1. The Labute approximate surface area is 173 Å². The van der Waals surface area contributed by atoms with E-state index in [1.807, 2.05) is 55.5 Å². The number of aryl methyl sites for hydroxylation is 1. The molecule has 4 rings (SSSR count). The molecule has 2 aromatic carbocycles. The Morgan fingerprint density at radius 2 is 2.07 bits per heavy atom. The number of rotatable bonds is 7. The Balaban J connectivity index is 1.38. The van der Waals surface area contributed by atoms with Crippen LogP contribution < -0.4 is 5.32 Å². The molecule has 2 heterocycles. The minimum absolute atomic E-state index is 0.111. The Kier molecular flexibility index (Phi) is 5.62. The topological polar surface area (TPSA) is 75.6 Å². The Bertz CT molecular complexity index is 1110. The number of para-hydroxylation sites is 2. The Morgan fingerprint density at radius 1 is 1.21 bits per heavy atom. The maximum atomic E-state index is 12.7. The molecule has 0 fully saturated rings. The highest BCUT2D eigenvalue weighted by Crippen LogP contribution is 2.19. The van der Waals surface area contributed by atoms with E-state index < -0.39 is 0 Å². The number of fused-ring (bicyclic) bond motifs is 1. The first-order chi connectivity index (χ1) is 14.2. The van der Waals surface area contributed by atoms with Gasteiger partial charge in [0.15, 0.2) is 0 Å². The molecular weight excluding hydrogens is 386 g/mol. The first kappa shape index (κ1) is 19.2. The maximum Gasteiger partial charge on any atom is 0.254 e. The number of amides is 1. The van der Waals surface area contributed by atoms with Crippen LogP contribution in [0.25, 0.3) is 16.7 Å². The second kappa shape index (κ2) is 8.49. The average molecular weight is 408 g/mol. The molecule has 4 aromatic rings. The van der Waals surface area contributed by atoms with Crippen molar-refractivity contribution in [2.24, 2.45) is 0 Å². The summed E-state index contributed by atoms with van der Waals surface area (Å²) in [6.45, 7) is 2.58. The van der Waals surface area contributed by atoms with Gasteiger partial charge in [0.25, 0.3) is 5.91 Å². The molecule has 0 aliphatic carbocycles. The van der Waals surface area contributed by atoms with Gasteiger partial charge in [-0.1, -0.05) is 36.7 Å². The van der Waals surface area contributed by atoms with Gasteiger partial charge in [0.1, 0.15) is 5.82 Å². The van der Waals surface area contributed by atoms with Gasteiger partial charge in [-0.25, -0.2) is 9.67 Å². The van der Waals surface area contributed by atoms with E-state index >= 15 is 0 Å².